The molecule has 59 valence electrons. The van der Waals surface area contributed by atoms with Crippen molar-refractivity contribution in [3.8, 4) is 0 Å². The number of nitrogens with zero attached hydrogens (tertiary/aromatic N) is 2. The molecule has 0 aliphatic heterocycles. The summed E-state index contributed by atoms with van der Waals surface area (Å²) in [6, 6.07) is 1.36. The number of aromatic carboxylic acids is 1. The van der Waals surface area contributed by atoms with Gasteiger partial charge in [-0.1, -0.05) is 11.8 Å². The first-order chi connectivity index (χ1) is 5.24. The van der Waals surface area contributed by atoms with Gasteiger partial charge in [0.2, 0.25) is 0 Å². The fourth-order valence-corrected chi connectivity index (χ4v) is 0.914. The molecule has 0 amide bonds. The largest absolute Gasteiger partial charge is 0.477 e. The monoisotopic (exact) mass is 209 g/mol. The summed E-state index contributed by atoms with van der Waals surface area (Å²) in [6.45, 7) is 0. The zero-order valence-corrected chi connectivity index (χ0v) is 10.8. The van der Waals surface area contributed by atoms with E-state index in [1.165, 1.54) is 24.0 Å². The van der Waals surface area contributed by atoms with Crippen molar-refractivity contribution >= 4 is 69.1 Å². The van der Waals surface area contributed by atoms with E-state index in [0.29, 0.717) is 5.16 Å². The summed E-state index contributed by atoms with van der Waals surface area (Å²) in [6.07, 6.45) is 3.23. The van der Waals surface area contributed by atoms with Crippen LogP contribution < -0.4 is 0 Å². The minimum Gasteiger partial charge on any atom is -0.477 e. The van der Waals surface area contributed by atoms with E-state index in [1.807, 2.05) is 0 Å². The fourth-order valence-electron chi connectivity index (χ4n) is 0.558. The predicted molar refractivity (Wildman–Crippen MR) is 46.5 cm³/mol. The SMILES string of the molecule is CSc1nccc(C(=O)O)n1.[K]. The van der Waals surface area contributed by atoms with Crippen LogP contribution in [0, 0.1) is 0 Å². The summed E-state index contributed by atoms with van der Waals surface area (Å²) >= 11 is 1.31. The van der Waals surface area contributed by atoms with Gasteiger partial charge in [0.25, 0.3) is 0 Å². The summed E-state index contributed by atoms with van der Waals surface area (Å²) < 4.78 is 0. The van der Waals surface area contributed by atoms with E-state index in [1.54, 1.807) is 6.26 Å². The van der Waals surface area contributed by atoms with E-state index in [2.05, 4.69) is 9.97 Å². The van der Waals surface area contributed by atoms with Crippen LogP contribution in [0.3, 0.4) is 0 Å². The Morgan fingerprint density at radius 1 is 1.67 bits per heavy atom. The molecule has 0 aromatic carbocycles. The zero-order chi connectivity index (χ0) is 8.27. The molecule has 0 saturated carbocycles. The Labute approximate surface area is 117 Å². The molecular formula is C6H6KN2O2S. The Bertz CT molecular complexity index is 282. The number of carbonyl (C=O) groups is 1. The third-order valence-corrected chi connectivity index (χ3v) is 1.60. The van der Waals surface area contributed by atoms with Gasteiger partial charge in [-0.05, 0) is 12.3 Å². The van der Waals surface area contributed by atoms with Crippen LogP contribution in [0.25, 0.3) is 0 Å². The predicted octanol–water partition coefficient (Wildman–Crippen LogP) is 0.516. The molecule has 1 heterocycles. The van der Waals surface area contributed by atoms with Gasteiger partial charge in [-0.15, -0.1) is 0 Å². The number of aromatic nitrogens is 2. The molecule has 6 heteroatoms. The van der Waals surface area contributed by atoms with Crippen molar-refractivity contribution in [1.82, 2.24) is 9.97 Å². The van der Waals surface area contributed by atoms with E-state index in [9.17, 15) is 4.79 Å². The third kappa shape index (κ3) is 3.50. The van der Waals surface area contributed by atoms with Crippen LogP contribution in [-0.2, 0) is 0 Å². The van der Waals surface area contributed by atoms with Crippen molar-refractivity contribution in [2.45, 2.75) is 5.16 Å². The van der Waals surface area contributed by atoms with Gasteiger partial charge in [0.15, 0.2) is 10.9 Å². The summed E-state index contributed by atoms with van der Waals surface area (Å²) in [7, 11) is 0. The maximum Gasteiger partial charge on any atom is 0.354 e. The van der Waals surface area contributed by atoms with Crippen molar-refractivity contribution in [3.05, 3.63) is 18.0 Å². The topological polar surface area (TPSA) is 63.1 Å². The Morgan fingerprint density at radius 3 is 2.83 bits per heavy atom. The first kappa shape index (κ1) is 12.5. The molecule has 0 aliphatic rings. The Hall–Kier alpha value is 0.536. The van der Waals surface area contributed by atoms with Crippen LogP contribution in [0.15, 0.2) is 17.4 Å². The molecule has 1 aromatic rings. The molecule has 0 atom stereocenters. The number of thioether (sulfide) groups is 1. The average molecular weight is 209 g/mol. The molecule has 0 bridgehead atoms. The quantitative estimate of drug-likeness (QED) is 0.437. The molecule has 0 unspecified atom stereocenters. The molecule has 0 spiro atoms. The van der Waals surface area contributed by atoms with Crippen molar-refractivity contribution in [2.24, 2.45) is 0 Å². The van der Waals surface area contributed by atoms with Gasteiger partial charge < -0.3 is 5.11 Å². The molecule has 0 aliphatic carbocycles. The molecule has 12 heavy (non-hydrogen) atoms. The number of hydrogen-bond acceptors (Lipinski definition) is 4. The van der Waals surface area contributed by atoms with Crippen LogP contribution in [0.2, 0.25) is 0 Å². The first-order valence-corrected chi connectivity index (χ1v) is 4.07. The second-order valence-electron chi connectivity index (χ2n) is 1.73. The molecular weight excluding hydrogens is 203 g/mol. The summed E-state index contributed by atoms with van der Waals surface area (Å²) in [5, 5.41) is 8.98. The minimum absolute atomic E-state index is 0. The average Bonchev–Trinajstić information content (AvgIpc) is 2.05. The van der Waals surface area contributed by atoms with E-state index in [0.717, 1.165) is 0 Å². The summed E-state index contributed by atoms with van der Waals surface area (Å²) in [5.41, 5.74) is 0.0318. The van der Waals surface area contributed by atoms with E-state index < -0.39 is 5.97 Å². The fraction of sp³-hybridized carbons (Fsp3) is 0.167. The number of rotatable bonds is 2. The second kappa shape index (κ2) is 6.06. The molecule has 1 radical (unpaired) electrons. The maximum atomic E-state index is 10.4. The van der Waals surface area contributed by atoms with Gasteiger partial charge in [0.1, 0.15) is 0 Å². The van der Waals surface area contributed by atoms with Gasteiger partial charge in [-0.25, -0.2) is 14.8 Å². The van der Waals surface area contributed by atoms with Gasteiger partial charge >= 0.3 is 5.97 Å². The smallest absolute Gasteiger partial charge is 0.354 e. The zero-order valence-electron chi connectivity index (χ0n) is 6.81. The van der Waals surface area contributed by atoms with Crippen LogP contribution in [-0.4, -0.2) is 78.7 Å². The summed E-state index contributed by atoms with van der Waals surface area (Å²) in [5.74, 6) is -1.03. The van der Waals surface area contributed by atoms with Gasteiger partial charge in [-0.2, -0.15) is 0 Å². The third-order valence-electron chi connectivity index (χ3n) is 1.04. The van der Waals surface area contributed by atoms with E-state index in [4.69, 9.17) is 5.11 Å². The first-order valence-electron chi connectivity index (χ1n) is 2.84. The Kier molecular flexibility index (Phi) is 6.33. The summed E-state index contributed by atoms with van der Waals surface area (Å²) in [4.78, 5) is 17.9. The standard InChI is InChI=1S/C6H6N2O2S.K/c1-11-6-7-3-2-4(8-6)5(9)10;/h2-3H,1H3,(H,9,10);. The van der Waals surface area contributed by atoms with Crippen molar-refractivity contribution in [2.75, 3.05) is 6.26 Å². The maximum absolute atomic E-state index is 10.4. The van der Waals surface area contributed by atoms with Crippen LogP contribution >= 0.6 is 11.8 Å². The molecule has 0 fully saturated rings. The Morgan fingerprint density at radius 2 is 2.33 bits per heavy atom. The van der Waals surface area contributed by atoms with Gasteiger partial charge in [0, 0.05) is 57.6 Å². The number of hydrogen-bond donors (Lipinski definition) is 1. The van der Waals surface area contributed by atoms with Crippen molar-refractivity contribution < 1.29 is 9.90 Å². The van der Waals surface area contributed by atoms with Crippen LogP contribution in [0.4, 0.5) is 0 Å². The van der Waals surface area contributed by atoms with E-state index >= 15 is 0 Å². The molecule has 1 N–H and O–H groups in total. The number of carboxylic acids is 1. The van der Waals surface area contributed by atoms with Crippen LogP contribution in [0.1, 0.15) is 10.5 Å². The van der Waals surface area contributed by atoms with E-state index in [-0.39, 0.29) is 57.1 Å². The molecule has 4 nitrogen and oxygen atoms in total. The van der Waals surface area contributed by atoms with Gasteiger partial charge in [0.05, 0.1) is 0 Å². The molecule has 0 saturated heterocycles. The van der Waals surface area contributed by atoms with Crippen LogP contribution in [0.5, 0.6) is 0 Å². The van der Waals surface area contributed by atoms with Crippen molar-refractivity contribution in [3.63, 3.8) is 0 Å². The Balaban J connectivity index is 0.00000121. The number of carboxylic acid groups (broad SMARTS) is 1. The molecule has 1 aromatic heterocycles. The normalized spacial score (nSPS) is 8.75. The van der Waals surface area contributed by atoms with Crippen molar-refractivity contribution in [1.29, 1.82) is 0 Å². The second-order valence-corrected chi connectivity index (χ2v) is 2.51. The minimum atomic E-state index is -1.03. The van der Waals surface area contributed by atoms with Gasteiger partial charge in [-0.3, -0.25) is 0 Å². The molecule has 1 rings (SSSR count).